The van der Waals surface area contributed by atoms with E-state index in [0.29, 0.717) is 24.1 Å². The topological polar surface area (TPSA) is 82.3 Å². The molecule has 0 aliphatic carbocycles. The van der Waals surface area contributed by atoms with Crippen LogP contribution in [-0.4, -0.2) is 24.1 Å². The second-order valence-corrected chi connectivity index (χ2v) is 5.98. The van der Waals surface area contributed by atoms with Crippen LogP contribution in [0.2, 0.25) is 5.02 Å². The fraction of sp³-hybridized carbons (Fsp3) is 0.316. The van der Waals surface area contributed by atoms with Gasteiger partial charge < -0.3 is 10.1 Å². The number of rotatable bonds is 9. The number of halogens is 1. The van der Waals surface area contributed by atoms with Crippen molar-refractivity contribution < 1.29 is 4.74 Å². The van der Waals surface area contributed by atoms with Gasteiger partial charge in [0.05, 0.1) is 6.61 Å². The van der Waals surface area contributed by atoms with Crippen LogP contribution in [0.1, 0.15) is 25.7 Å². The first kappa shape index (κ1) is 19.5. The highest BCUT2D eigenvalue weighted by molar-refractivity contribution is 6.30. The Kier molecular flexibility index (Phi) is 8.81. The van der Waals surface area contributed by atoms with Crippen LogP contribution in [0.4, 0.5) is 5.69 Å². The maximum absolute atomic E-state index is 8.81. The van der Waals surface area contributed by atoms with Crippen molar-refractivity contribution in [3.63, 3.8) is 0 Å². The smallest absolute Gasteiger partial charge is 0.209 e. The zero-order valence-electron chi connectivity index (χ0n) is 14.5. The van der Waals surface area contributed by atoms with Gasteiger partial charge >= 0.3 is 0 Å². The van der Waals surface area contributed by atoms with Crippen molar-refractivity contribution in [1.82, 2.24) is 10.3 Å². The van der Waals surface area contributed by atoms with Crippen LogP contribution in [0, 0.1) is 11.5 Å². The molecule has 7 heteroatoms. The Hall–Kier alpha value is -2.78. The Balaban J connectivity index is 1.60. The van der Waals surface area contributed by atoms with Gasteiger partial charge in [-0.15, -0.1) is 0 Å². The van der Waals surface area contributed by atoms with Crippen molar-refractivity contribution in [3.8, 4) is 11.9 Å². The second-order valence-electron chi connectivity index (χ2n) is 5.55. The molecule has 0 aliphatic rings. The first-order valence-electron chi connectivity index (χ1n) is 8.53. The van der Waals surface area contributed by atoms with E-state index in [1.165, 1.54) is 0 Å². The second kappa shape index (κ2) is 11.7. The third-order valence-electron chi connectivity index (χ3n) is 3.50. The third-order valence-corrected chi connectivity index (χ3v) is 3.74. The van der Waals surface area contributed by atoms with Crippen molar-refractivity contribution in [2.75, 3.05) is 18.5 Å². The molecule has 1 aromatic heterocycles. The van der Waals surface area contributed by atoms with E-state index in [1.54, 1.807) is 12.4 Å². The summed E-state index contributed by atoms with van der Waals surface area (Å²) in [6.07, 6.45) is 9.30. The zero-order valence-corrected chi connectivity index (χ0v) is 15.2. The summed E-state index contributed by atoms with van der Waals surface area (Å²) in [6.45, 7) is 1.33. The molecule has 0 saturated heterocycles. The van der Waals surface area contributed by atoms with Gasteiger partial charge in [-0.3, -0.25) is 15.3 Å². The lowest BCUT2D eigenvalue weighted by Crippen LogP contribution is -2.27. The van der Waals surface area contributed by atoms with E-state index in [2.05, 4.69) is 20.6 Å². The van der Waals surface area contributed by atoms with E-state index < -0.39 is 0 Å². The molecular weight excluding hydrogens is 350 g/mol. The maximum Gasteiger partial charge on any atom is 0.209 e. The largest absolute Gasteiger partial charge is 0.494 e. The molecule has 6 nitrogen and oxygen atoms in total. The highest BCUT2D eigenvalue weighted by atomic mass is 35.5. The number of nitrogens with one attached hydrogen (secondary N) is 2. The number of hydrogen-bond acceptors (Lipinski definition) is 4. The Morgan fingerprint density at radius 2 is 1.96 bits per heavy atom. The first-order valence-corrected chi connectivity index (χ1v) is 8.90. The average Bonchev–Trinajstić information content (AvgIpc) is 2.65. The average molecular weight is 372 g/mol. The molecule has 2 rings (SSSR count). The molecular formula is C19H22ClN5O. The van der Waals surface area contributed by atoms with E-state index >= 15 is 0 Å². The molecule has 0 spiro atoms. The van der Waals surface area contributed by atoms with Gasteiger partial charge in [-0.25, -0.2) is 0 Å². The number of pyridine rings is 1. The quantitative estimate of drug-likeness (QED) is 0.227. The van der Waals surface area contributed by atoms with Crippen LogP contribution >= 0.6 is 11.6 Å². The fourth-order valence-electron chi connectivity index (χ4n) is 2.24. The third kappa shape index (κ3) is 7.86. The van der Waals surface area contributed by atoms with E-state index in [4.69, 9.17) is 21.6 Å². The van der Waals surface area contributed by atoms with Crippen molar-refractivity contribution in [2.45, 2.75) is 25.7 Å². The molecule has 1 heterocycles. The molecule has 0 amide bonds. The number of hydrogen-bond donors (Lipinski definition) is 2. The number of nitriles is 1. The van der Waals surface area contributed by atoms with Crippen molar-refractivity contribution in [2.24, 2.45) is 4.99 Å². The minimum atomic E-state index is 0.447. The number of guanidine groups is 1. The standard InChI is InChI=1S/C19H22ClN5O/c20-16-6-5-7-18(14-16)26-13-4-2-1-3-10-23-19(24-15-21)25-17-8-11-22-12-9-17/h5-9,11-12,14H,1-4,10,13H2,(H2,22,23,24,25). The maximum atomic E-state index is 8.81. The number of nitrogens with zero attached hydrogens (tertiary/aromatic N) is 3. The number of ether oxygens (including phenoxy) is 1. The molecule has 0 unspecified atom stereocenters. The molecule has 0 atom stereocenters. The minimum Gasteiger partial charge on any atom is -0.494 e. The summed E-state index contributed by atoms with van der Waals surface area (Å²) in [5.41, 5.74) is 0.833. The van der Waals surface area contributed by atoms with Gasteiger partial charge in [0, 0.05) is 29.6 Å². The number of aliphatic imine (C=N–C) groups is 1. The minimum absolute atomic E-state index is 0.447. The first-order chi connectivity index (χ1) is 12.8. The number of aromatic nitrogens is 1. The summed E-state index contributed by atoms with van der Waals surface area (Å²) >= 11 is 5.92. The van der Waals surface area contributed by atoms with Crippen LogP contribution < -0.4 is 15.4 Å². The molecule has 1 aromatic carbocycles. The molecule has 0 aliphatic heterocycles. The Morgan fingerprint density at radius 1 is 1.15 bits per heavy atom. The highest BCUT2D eigenvalue weighted by Crippen LogP contribution is 2.17. The molecule has 136 valence electrons. The predicted molar refractivity (Wildman–Crippen MR) is 104 cm³/mol. The Labute approximate surface area is 158 Å². The van der Waals surface area contributed by atoms with Gasteiger partial charge in [-0.1, -0.05) is 24.1 Å². The molecule has 2 N–H and O–H groups in total. The summed E-state index contributed by atoms with van der Waals surface area (Å²) in [5.74, 6) is 1.25. The predicted octanol–water partition coefficient (Wildman–Crippen LogP) is 4.21. The summed E-state index contributed by atoms with van der Waals surface area (Å²) in [4.78, 5) is 8.34. The summed E-state index contributed by atoms with van der Waals surface area (Å²) in [5, 5.41) is 15.1. The lowest BCUT2D eigenvalue weighted by Gasteiger charge is -2.08. The highest BCUT2D eigenvalue weighted by Gasteiger charge is 1.99. The molecule has 2 aromatic rings. The Morgan fingerprint density at radius 3 is 2.73 bits per heavy atom. The van der Waals surface area contributed by atoms with Crippen LogP contribution in [0.25, 0.3) is 0 Å². The van der Waals surface area contributed by atoms with Crippen LogP contribution in [0.3, 0.4) is 0 Å². The molecule has 0 radical (unpaired) electrons. The van der Waals surface area contributed by atoms with Gasteiger partial charge in [0.1, 0.15) is 5.75 Å². The van der Waals surface area contributed by atoms with E-state index in [1.807, 2.05) is 42.6 Å². The van der Waals surface area contributed by atoms with E-state index in [-0.39, 0.29) is 0 Å². The number of anilines is 1. The Bertz CT molecular complexity index is 730. The molecule has 0 saturated carbocycles. The summed E-state index contributed by atoms with van der Waals surface area (Å²) in [7, 11) is 0. The number of benzene rings is 1. The normalized spacial score (nSPS) is 10.8. The number of unbranched alkanes of at least 4 members (excludes halogenated alkanes) is 3. The van der Waals surface area contributed by atoms with Crippen LogP contribution in [0.5, 0.6) is 5.75 Å². The van der Waals surface area contributed by atoms with Crippen molar-refractivity contribution in [1.29, 1.82) is 5.26 Å². The monoisotopic (exact) mass is 371 g/mol. The van der Waals surface area contributed by atoms with Crippen molar-refractivity contribution in [3.05, 3.63) is 53.8 Å². The van der Waals surface area contributed by atoms with Crippen LogP contribution in [0.15, 0.2) is 53.8 Å². The van der Waals surface area contributed by atoms with Gasteiger partial charge in [-0.05, 0) is 49.6 Å². The summed E-state index contributed by atoms with van der Waals surface area (Å²) in [6, 6.07) is 11.1. The van der Waals surface area contributed by atoms with Crippen LogP contribution in [-0.2, 0) is 0 Å². The molecule has 0 fully saturated rings. The van der Waals surface area contributed by atoms with Gasteiger partial charge in [-0.2, -0.15) is 5.26 Å². The fourth-order valence-corrected chi connectivity index (χ4v) is 2.42. The lowest BCUT2D eigenvalue weighted by atomic mass is 10.2. The van der Waals surface area contributed by atoms with Gasteiger partial charge in [0.25, 0.3) is 0 Å². The van der Waals surface area contributed by atoms with E-state index in [9.17, 15) is 0 Å². The molecule has 0 bridgehead atoms. The van der Waals surface area contributed by atoms with E-state index in [0.717, 1.165) is 37.1 Å². The lowest BCUT2D eigenvalue weighted by molar-refractivity contribution is 0.305. The van der Waals surface area contributed by atoms with Crippen molar-refractivity contribution >= 4 is 23.2 Å². The SMILES string of the molecule is N#CNC(=NCCCCCCOc1cccc(Cl)c1)Nc1ccncc1. The summed E-state index contributed by atoms with van der Waals surface area (Å²) < 4.78 is 5.66. The van der Waals surface area contributed by atoms with Gasteiger partial charge in [0.2, 0.25) is 5.96 Å². The van der Waals surface area contributed by atoms with Gasteiger partial charge in [0.15, 0.2) is 6.19 Å². The molecule has 26 heavy (non-hydrogen) atoms. The zero-order chi connectivity index (χ0) is 18.5.